The molecule has 3 rings (SSSR count). The molecule has 3 N–H and O–H groups in total. The zero-order valence-corrected chi connectivity index (χ0v) is 13.9. The van der Waals surface area contributed by atoms with Gasteiger partial charge in [-0.05, 0) is 29.8 Å². The van der Waals surface area contributed by atoms with Crippen molar-refractivity contribution in [2.75, 3.05) is 5.73 Å². The van der Waals surface area contributed by atoms with E-state index in [0.717, 1.165) is 16.7 Å². The number of aromatic carboxylic acids is 1. The second kappa shape index (κ2) is 7.23. The lowest BCUT2D eigenvalue weighted by Gasteiger charge is -2.11. The molecule has 2 aromatic carbocycles. The summed E-state index contributed by atoms with van der Waals surface area (Å²) < 4.78 is 5.76. The summed E-state index contributed by atoms with van der Waals surface area (Å²) in [5, 5.41) is 9.59. The van der Waals surface area contributed by atoms with Crippen LogP contribution in [0.25, 0.3) is 11.1 Å². The molecular weight excluding hydrogens is 340 g/mol. The van der Waals surface area contributed by atoms with Crippen LogP contribution >= 0.6 is 11.6 Å². The molecule has 1 heterocycles. The van der Waals surface area contributed by atoms with E-state index < -0.39 is 5.97 Å². The van der Waals surface area contributed by atoms with Crippen LogP contribution in [-0.2, 0) is 6.61 Å². The Morgan fingerprint density at radius 3 is 2.52 bits per heavy atom. The monoisotopic (exact) mass is 354 g/mol. The minimum atomic E-state index is -0.967. The maximum atomic E-state index is 10.9. The molecule has 0 saturated carbocycles. The van der Waals surface area contributed by atoms with Gasteiger partial charge in [-0.15, -0.1) is 0 Å². The summed E-state index contributed by atoms with van der Waals surface area (Å²) in [6.07, 6.45) is 1.62. The molecule has 5 nitrogen and oxygen atoms in total. The molecule has 0 aliphatic rings. The van der Waals surface area contributed by atoms with Gasteiger partial charge in [0.2, 0.25) is 0 Å². The molecule has 0 atom stereocenters. The number of anilines is 1. The van der Waals surface area contributed by atoms with E-state index >= 15 is 0 Å². The van der Waals surface area contributed by atoms with Gasteiger partial charge in [0.05, 0.1) is 5.56 Å². The summed E-state index contributed by atoms with van der Waals surface area (Å²) in [7, 11) is 0. The molecule has 0 fully saturated rings. The first-order chi connectivity index (χ1) is 12.0. The zero-order chi connectivity index (χ0) is 17.8. The van der Waals surface area contributed by atoms with Crippen LogP contribution < -0.4 is 10.5 Å². The van der Waals surface area contributed by atoms with Crippen molar-refractivity contribution in [2.24, 2.45) is 0 Å². The molecule has 0 saturated heterocycles. The molecule has 0 bridgehead atoms. The number of benzene rings is 2. The predicted octanol–water partition coefficient (Wildman–Crippen LogP) is 4.26. The smallest absolute Gasteiger partial charge is 0.335 e. The summed E-state index contributed by atoms with van der Waals surface area (Å²) in [6.45, 7) is 0.271. The van der Waals surface area contributed by atoms with Crippen LogP contribution in [0.5, 0.6) is 5.75 Å². The Kier molecular flexibility index (Phi) is 4.86. The molecule has 0 radical (unpaired) electrons. The molecule has 0 spiro atoms. The third-order valence-corrected chi connectivity index (χ3v) is 4.06. The van der Waals surface area contributed by atoms with Gasteiger partial charge in [0.15, 0.2) is 11.6 Å². The van der Waals surface area contributed by atoms with E-state index in [1.54, 1.807) is 30.5 Å². The predicted molar refractivity (Wildman–Crippen MR) is 96.8 cm³/mol. The number of carboxylic acids is 1. The number of nitrogens with zero attached hydrogens (tertiary/aromatic N) is 1. The third kappa shape index (κ3) is 3.89. The van der Waals surface area contributed by atoms with Gasteiger partial charge in [-0.25, -0.2) is 9.78 Å². The van der Waals surface area contributed by atoms with Crippen LogP contribution in [-0.4, -0.2) is 16.1 Å². The van der Waals surface area contributed by atoms with Crippen molar-refractivity contribution < 1.29 is 14.6 Å². The molecule has 3 aromatic rings. The molecule has 0 aliphatic heterocycles. The van der Waals surface area contributed by atoms with Crippen LogP contribution in [0.1, 0.15) is 15.9 Å². The molecular formula is C19H15ClN2O3. The van der Waals surface area contributed by atoms with Gasteiger partial charge in [-0.1, -0.05) is 41.9 Å². The number of nitrogen functional groups attached to an aromatic ring is 1. The Morgan fingerprint density at radius 1 is 1.12 bits per heavy atom. The topological polar surface area (TPSA) is 85.4 Å². The average Bonchev–Trinajstić information content (AvgIpc) is 2.62. The Labute approximate surface area is 149 Å². The van der Waals surface area contributed by atoms with E-state index in [9.17, 15) is 4.79 Å². The van der Waals surface area contributed by atoms with Gasteiger partial charge < -0.3 is 15.6 Å². The van der Waals surface area contributed by atoms with Crippen LogP contribution in [0, 0.1) is 0 Å². The lowest BCUT2D eigenvalue weighted by Crippen LogP contribution is -2.01. The largest absolute Gasteiger partial charge is 0.485 e. The van der Waals surface area contributed by atoms with Gasteiger partial charge >= 0.3 is 5.97 Å². The first-order valence-corrected chi connectivity index (χ1v) is 7.88. The molecule has 0 aliphatic carbocycles. The van der Waals surface area contributed by atoms with E-state index in [1.165, 1.54) is 12.1 Å². The molecule has 25 heavy (non-hydrogen) atoms. The van der Waals surface area contributed by atoms with Crippen molar-refractivity contribution >= 4 is 23.4 Å². The highest BCUT2D eigenvalue weighted by Gasteiger charge is 2.09. The summed E-state index contributed by atoms with van der Waals surface area (Å²) in [5.41, 5.74) is 8.56. The second-order valence-electron chi connectivity index (χ2n) is 5.37. The summed E-state index contributed by atoms with van der Waals surface area (Å²) in [6, 6.07) is 15.7. The lowest BCUT2D eigenvalue weighted by atomic mass is 10.1. The number of halogens is 1. The van der Waals surface area contributed by atoms with E-state index in [0.29, 0.717) is 10.8 Å². The number of carbonyl (C=O) groups is 1. The number of ether oxygens (including phenoxy) is 1. The van der Waals surface area contributed by atoms with Crippen LogP contribution in [0.15, 0.2) is 60.8 Å². The van der Waals surface area contributed by atoms with Crippen molar-refractivity contribution in [3.8, 4) is 16.9 Å². The van der Waals surface area contributed by atoms with Gasteiger partial charge in [0.1, 0.15) is 6.61 Å². The normalized spacial score (nSPS) is 10.4. The Morgan fingerprint density at radius 2 is 1.84 bits per heavy atom. The fourth-order valence-electron chi connectivity index (χ4n) is 2.30. The van der Waals surface area contributed by atoms with Gasteiger partial charge in [-0.2, -0.15) is 0 Å². The van der Waals surface area contributed by atoms with Crippen LogP contribution in [0.4, 0.5) is 5.82 Å². The van der Waals surface area contributed by atoms with Crippen molar-refractivity contribution in [1.29, 1.82) is 0 Å². The highest BCUT2D eigenvalue weighted by molar-refractivity contribution is 6.31. The van der Waals surface area contributed by atoms with Crippen LogP contribution in [0.2, 0.25) is 5.02 Å². The summed E-state index contributed by atoms with van der Waals surface area (Å²) >= 11 is 6.12. The van der Waals surface area contributed by atoms with Gasteiger partial charge in [0.25, 0.3) is 0 Å². The number of aromatic nitrogens is 1. The second-order valence-corrected chi connectivity index (χ2v) is 5.78. The lowest BCUT2D eigenvalue weighted by molar-refractivity contribution is 0.0697. The third-order valence-electron chi connectivity index (χ3n) is 3.69. The highest BCUT2D eigenvalue weighted by Crippen LogP contribution is 2.28. The maximum absolute atomic E-state index is 10.9. The average molecular weight is 355 g/mol. The van der Waals surface area contributed by atoms with Crippen molar-refractivity contribution in [3.05, 3.63) is 76.9 Å². The standard InChI is InChI=1S/C19H15ClN2O3/c20-16-4-2-1-3-14(16)11-25-17-9-15(10-22-18(17)21)12-5-7-13(8-6-12)19(23)24/h1-10H,11H2,(H2,21,22)(H,23,24). The van der Waals surface area contributed by atoms with E-state index in [1.807, 2.05) is 18.2 Å². The summed E-state index contributed by atoms with van der Waals surface area (Å²) in [5.74, 6) is -0.247. The van der Waals surface area contributed by atoms with Crippen molar-refractivity contribution in [2.45, 2.75) is 6.61 Å². The fourth-order valence-corrected chi connectivity index (χ4v) is 2.50. The minimum Gasteiger partial charge on any atom is -0.485 e. The Bertz CT molecular complexity index is 911. The number of nitrogens with two attached hydrogens (primary N) is 1. The number of pyridine rings is 1. The molecule has 1 aromatic heterocycles. The van der Waals surface area contributed by atoms with Gasteiger partial charge in [0, 0.05) is 22.3 Å². The SMILES string of the molecule is Nc1ncc(-c2ccc(C(=O)O)cc2)cc1OCc1ccccc1Cl. The molecule has 0 amide bonds. The minimum absolute atomic E-state index is 0.224. The molecule has 6 heteroatoms. The Hall–Kier alpha value is -3.05. The van der Waals surface area contributed by atoms with Crippen LogP contribution in [0.3, 0.4) is 0 Å². The van der Waals surface area contributed by atoms with E-state index in [4.69, 9.17) is 27.2 Å². The fraction of sp³-hybridized carbons (Fsp3) is 0.0526. The number of hydrogen-bond acceptors (Lipinski definition) is 4. The van der Waals surface area contributed by atoms with Crippen molar-refractivity contribution in [1.82, 2.24) is 4.98 Å². The molecule has 126 valence electrons. The van der Waals surface area contributed by atoms with E-state index in [2.05, 4.69) is 4.98 Å². The zero-order valence-electron chi connectivity index (χ0n) is 13.1. The quantitative estimate of drug-likeness (QED) is 0.715. The first-order valence-electron chi connectivity index (χ1n) is 7.50. The highest BCUT2D eigenvalue weighted by atomic mass is 35.5. The van der Waals surface area contributed by atoms with E-state index in [-0.39, 0.29) is 18.0 Å². The number of carboxylic acid groups (broad SMARTS) is 1. The van der Waals surface area contributed by atoms with Crippen molar-refractivity contribution in [3.63, 3.8) is 0 Å². The number of hydrogen-bond donors (Lipinski definition) is 2. The Balaban J connectivity index is 1.83. The summed E-state index contributed by atoms with van der Waals surface area (Å²) in [4.78, 5) is 15.1. The number of rotatable bonds is 5. The van der Waals surface area contributed by atoms with Gasteiger partial charge in [-0.3, -0.25) is 0 Å². The first kappa shape index (κ1) is 16.8. The molecule has 0 unspecified atom stereocenters. The maximum Gasteiger partial charge on any atom is 0.335 e.